The van der Waals surface area contributed by atoms with Crippen molar-refractivity contribution in [1.82, 2.24) is 0 Å². The summed E-state index contributed by atoms with van der Waals surface area (Å²) in [5.74, 6) is 0.879. The van der Waals surface area contributed by atoms with E-state index in [2.05, 4.69) is 11.4 Å². The van der Waals surface area contributed by atoms with Crippen molar-refractivity contribution in [2.75, 3.05) is 0 Å². The molecule has 1 heterocycles. The first-order chi connectivity index (χ1) is 8.84. The van der Waals surface area contributed by atoms with E-state index in [1.807, 2.05) is 42.5 Å². The van der Waals surface area contributed by atoms with Crippen LogP contribution in [-0.2, 0) is 6.61 Å². The minimum Gasteiger partial charge on any atom is -0.489 e. The fourth-order valence-electron chi connectivity index (χ4n) is 1.89. The smallest absolute Gasteiger partial charge is 0.119 e. The lowest BCUT2D eigenvalue weighted by atomic mass is 10.2. The maximum absolute atomic E-state index is 6.24. The summed E-state index contributed by atoms with van der Waals surface area (Å²) in [5, 5.41) is 4.01. The molecule has 90 valence electrons. The van der Waals surface area contributed by atoms with Gasteiger partial charge in [0.1, 0.15) is 12.4 Å². The highest BCUT2D eigenvalue weighted by Gasteiger charge is 2.07. The van der Waals surface area contributed by atoms with Crippen LogP contribution in [0.3, 0.4) is 0 Å². The molecule has 0 unspecified atom stereocenters. The van der Waals surface area contributed by atoms with Crippen LogP contribution in [0.25, 0.3) is 10.1 Å². The van der Waals surface area contributed by atoms with Crippen molar-refractivity contribution in [2.45, 2.75) is 6.61 Å². The number of benzene rings is 2. The van der Waals surface area contributed by atoms with Gasteiger partial charge in [0.2, 0.25) is 0 Å². The zero-order valence-corrected chi connectivity index (χ0v) is 11.2. The van der Waals surface area contributed by atoms with Crippen LogP contribution < -0.4 is 4.74 Å². The van der Waals surface area contributed by atoms with E-state index in [0.717, 1.165) is 21.7 Å². The maximum Gasteiger partial charge on any atom is 0.119 e. The Bertz CT molecular complexity index is 661. The molecule has 0 radical (unpaired) electrons. The molecule has 0 saturated carbocycles. The first-order valence-corrected chi connectivity index (χ1v) is 6.93. The third-order valence-corrected chi connectivity index (χ3v) is 4.07. The van der Waals surface area contributed by atoms with Crippen LogP contribution in [0.5, 0.6) is 5.75 Å². The van der Waals surface area contributed by atoms with Gasteiger partial charge in [0, 0.05) is 20.7 Å². The van der Waals surface area contributed by atoms with Gasteiger partial charge in [0.15, 0.2) is 0 Å². The fourth-order valence-corrected chi connectivity index (χ4v) is 3.21. The molecule has 0 saturated heterocycles. The summed E-state index contributed by atoms with van der Waals surface area (Å²) in [4.78, 5) is 0. The van der Waals surface area contributed by atoms with Crippen molar-refractivity contribution in [1.29, 1.82) is 0 Å². The van der Waals surface area contributed by atoms with Crippen LogP contribution in [0, 0.1) is 0 Å². The molecule has 1 aromatic heterocycles. The molecule has 18 heavy (non-hydrogen) atoms. The first kappa shape index (κ1) is 11.6. The van der Waals surface area contributed by atoms with Crippen molar-refractivity contribution < 1.29 is 4.74 Å². The molecule has 0 N–H and O–H groups in total. The number of para-hydroxylation sites is 1. The predicted octanol–water partition coefficient (Wildman–Crippen LogP) is 5.13. The predicted molar refractivity (Wildman–Crippen MR) is 77.6 cm³/mol. The number of thiophene rings is 1. The highest BCUT2D eigenvalue weighted by atomic mass is 35.5. The van der Waals surface area contributed by atoms with E-state index >= 15 is 0 Å². The summed E-state index contributed by atoms with van der Waals surface area (Å²) >= 11 is 7.94. The fraction of sp³-hybridized carbons (Fsp3) is 0.0667. The molecule has 3 aromatic rings. The van der Waals surface area contributed by atoms with Crippen molar-refractivity contribution in [3.8, 4) is 5.75 Å². The van der Waals surface area contributed by atoms with Crippen LogP contribution in [0.2, 0.25) is 5.02 Å². The van der Waals surface area contributed by atoms with Gasteiger partial charge in [-0.2, -0.15) is 0 Å². The molecule has 0 aliphatic heterocycles. The largest absolute Gasteiger partial charge is 0.489 e. The summed E-state index contributed by atoms with van der Waals surface area (Å²) in [7, 11) is 0. The molecule has 0 bridgehead atoms. The Morgan fingerprint density at radius 2 is 1.83 bits per heavy atom. The monoisotopic (exact) mass is 274 g/mol. The highest BCUT2D eigenvalue weighted by Crippen LogP contribution is 2.32. The van der Waals surface area contributed by atoms with E-state index < -0.39 is 0 Å². The zero-order chi connectivity index (χ0) is 12.4. The van der Waals surface area contributed by atoms with Crippen LogP contribution in [-0.4, -0.2) is 0 Å². The van der Waals surface area contributed by atoms with Gasteiger partial charge in [-0.05, 0) is 29.6 Å². The molecule has 1 nitrogen and oxygen atoms in total. The molecule has 0 atom stereocenters. The van der Waals surface area contributed by atoms with Gasteiger partial charge in [-0.25, -0.2) is 0 Å². The SMILES string of the molecule is Clc1cccc2scc(COc3ccccc3)c12. The molecule has 0 spiro atoms. The molecule has 3 rings (SSSR count). The maximum atomic E-state index is 6.24. The van der Waals surface area contributed by atoms with Crippen LogP contribution in [0.15, 0.2) is 53.9 Å². The highest BCUT2D eigenvalue weighted by molar-refractivity contribution is 7.17. The van der Waals surface area contributed by atoms with E-state index in [0.29, 0.717) is 6.61 Å². The Hall–Kier alpha value is -1.51. The average molecular weight is 275 g/mol. The molecular weight excluding hydrogens is 264 g/mol. The topological polar surface area (TPSA) is 9.23 Å². The minimum atomic E-state index is 0.549. The van der Waals surface area contributed by atoms with Gasteiger partial charge in [-0.3, -0.25) is 0 Å². The lowest BCUT2D eigenvalue weighted by Crippen LogP contribution is -1.94. The summed E-state index contributed by atoms with van der Waals surface area (Å²) < 4.78 is 6.96. The Morgan fingerprint density at radius 1 is 1.00 bits per heavy atom. The average Bonchev–Trinajstić information content (AvgIpc) is 2.82. The van der Waals surface area contributed by atoms with Gasteiger partial charge in [-0.1, -0.05) is 35.9 Å². The van der Waals surface area contributed by atoms with Gasteiger partial charge >= 0.3 is 0 Å². The Balaban J connectivity index is 1.87. The van der Waals surface area contributed by atoms with Gasteiger partial charge in [0.05, 0.1) is 0 Å². The van der Waals surface area contributed by atoms with Crippen LogP contribution >= 0.6 is 22.9 Å². The summed E-state index contributed by atoms with van der Waals surface area (Å²) in [5.41, 5.74) is 1.14. The van der Waals surface area contributed by atoms with Crippen molar-refractivity contribution >= 4 is 33.0 Å². The lowest BCUT2D eigenvalue weighted by Gasteiger charge is -2.05. The summed E-state index contributed by atoms with van der Waals surface area (Å²) in [6.45, 7) is 0.549. The Kier molecular flexibility index (Phi) is 3.22. The molecule has 0 aliphatic carbocycles. The van der Waals surface area contributed by atoms with E-state index in [4.69, 9.17) is 16.3 Å². The van der Waals surface area contributed by atoms with E-state index in [-0.39, 0.29) is 0 Å². The second-order valence-corrected chi connectivity index (χ2v) is 5.29. The van der Waals surface area contributed by atoms with Gasteiger partial charge in [-0.15, -0.1) is 11.3 Å². The van der Waals surface area contributed by atoms with E-state index in [9.17, 15) is 0 Å². The van der Waals surface area contributed by atoms with Gasteiger partial charge in [0.25, 0.3) is 0 Å². The number of rotatable bonds is 3. The Morgan fingerprint density at radius 3 is 2.67 bits per heavy atom. The lowest BCUT2D eigenvalue weighted by molar-refractivity contribution is 0.308. The summed E-state index contributed by atoms with van der Waals surface area (Å²) in [6, 6.07) is 15.8. The van der Waals surface area contributed by atoms with Crippen molar-refractivity contribution in [2.24, 2.45) is 0 Å². The van der Waals surface area contributed by atoms with Gasteiger partial charge < -0.3 is 4.74 Å². The number of hydrogen-bond donors (Lipinski definition) is 0. The quantitative estimate of drug-likeness (QED) is 0.643. The second kappa shape index (κ2) is 5.01. The standard InChI is InChI=1S/C15H11ClOS/c16-13-7-4-8-14-15(13)11(10-18-14)9-17-12-5-2-1-3-6-12/h1-8,10H,9H2. The molecule has 3 heteroatoms. The number of halogens is 1. The van der Waals surface area contributed by atoms with E-state index in [1.165, 1.54) is 4.70 Å². The second-order valence-electron chi connectivity index (χ2n) is 3.98. The van der Waals surface area contributed by atoms with Crippen LogP contribution in [0.4, 0.5) is 0 Å². The number of fused-ring (bicyclic) bond motifs is 1. The zero-order valence-electron chi connectivity index (χ0n) is 9.60. The summed E-state index contributed by atoms with van der Waals surface area (Å²) in [6.07, 6.45) is 0. The minimum absolute atomic E-state index is 0.549. The first-order valence-electron chi connectivity index (χ1n) is 5.67. The third kappa shape index (κ3) is 2.22. The molecule has 2 aromatic carbocycles. The molecule has 0 amide bonds. The third-order valence-electron chi connectivity index (χ3n) is 2.76. The van der Waals surface area contributed by atoms with E-state index in [1.54, 1.807) is 11.3 Å². The number of ether oxygens (including phenoxy) is 1. The molecular formula is C15H11ClOS. The van der Waals surface area contributed by atoms with Crippen molar-refractivity contribution in [3.63, 3.8) is 0 Å². The number of hydrogen-bond acceptors (Lipinski definition) is 2. The van der Waals surface area contributed by atoms with Crippen LogP contribution in [0.1, 0.15) is 5.56 Å². The molecule has 0 fully saturated rings. The van der Waals surface area contributed by atoms with Crippen molar-refractivity contribution in [3.05, 3.63) is 64.5 Å². The molecule has 0 aliphatic rings. The Labute approximate surface area is 115 Å². The normalized spacial score (nSPS) is 10.7.